The van der Waals surface area contributed by atoms with E-state index in [0.29, 0.717) is 24.3 Å². The van der Waals surface area contributed by atoms with Gasteiger partial charge in [-0.15, -0.1) is 0 Å². The first-order chi connectivity index (χ1) is 16.7. The number of carbonyl (C=O) groups is 1. The predicted molar refractivity (Wildman–Crippen MR) is 127 cm³/mol. The number of likely N-dealkylation sites (tertiary alicyclic amines) is 1. The Morgan fingerprint density at radius 3 is 2.69 bits per heavy atom. The van der Waals surface area contributed by atoms with Crippen LogP contribution in [0.15, 0.2) is 60.8 Å². The first-order valence-corrected chi connectivity index (χ1v) is 11.3. The summed E-state index contributed by atoms with van der Waals surface area (Å²) in [6.07, 6.45) is -2.75. The smallest absolute Gasteiger partial charge is 0.347 e. The van der Waals surface area contributed by atoms with Gasteiger partial charge >= 0.3 is 6.18 Å². The Morgan fingerprint density at radius 2 is 1.91 bits per heavy atom. The highest BCUT2D eigenvalue weighted by molar-refractivity contribution is 6.01. The molecule has 2 aromatic carbocycles. The van der Waals surface area contributed by atoms with Crippen molar-refractivity contribution < 1.29 is 18.0 Å². The van der Waals surface area contributed by atoms with E-state index < -0.39 is 23.7 Å². The number of carbonyl (C=O) groups excluding carboxylic acids is 1. The quantitative estimate of drug-likeness (QED) is 0.442. The Labute approximate surface area is 200 Å². The van der Waals surface area contributed by atoms with Gasteiger partial charge in [0.2, 0.25) is 0 Å². The summed E-state index contributed by atoms with van der Waals surface area (Å²) in [5.41, 5.74) is 3.18. The number of nitrogens with zero attached hydrogens (tertiary/aromatic N) is 3. The van der Waals surface area contributed by atoms with Crippen molar-refractivity contribution in [3.63, 3.8) is 0 Å². The number of alkyl halides is 3. The Hall–Kier alpha value is -3.72. The first kappa shape index (κ1) is 23.0. The van der Waals surface area contributed by atoms with Crippen molar-refractivity contribution in [1.29, 1.82) is 0 Å². The molecule has 0 saturated carbocycles. The van der Waals surface area contributed by atoms with Crippen molar-refractivity contribution in [2.75, 3.05) is 20.1 Å². The standard InChI is InChI=1S/C26H24F3N5O/c1-15-11-16(9-10-30-15)24-19-12-17(7-8-22(19)32-33-24)25(35)31-23-14-34(2)13-20(23)18-5-3-4-6-21(18)26(27,28)29/h3-12,20,23H,13-14H2,1-2H3,(H,31,35)(H,32,33). The number of aromatic amines is 1. The number of aromatic nitrogens is 3. The van der Waals surface area contributed by atoms with Crippen LogP contribution in [0.25, 0.3) is 22.2 Å². The average molecular weight is 480 g/mol. The Morgan fingerprint density at radius 1 is 1.11 bits per heavy atom. The van der Waals surface area contributed by atoms with E-state index >= 15 is 0 Å². The highest BCUT2D eigenvalue weighted by Crippen LogP contribution is 2.38. The summed E-state index contributed by atoms with van der Waals surface area (Å²) < 4.78 is 41.0. The van der Waals surface area contributed by atoms with Gasteiger partial charge in [-0.3, -0.25) is 14.9 Å². The Bertz CT molecular complexity index is 1400. The van der Waals surface area contributed by atoms with Gasteiger partial charge in [0.05, 0.1) is 11.1 Å². The molecule has 1 fully saturated rings. The third-order valence-electron chi connectivity index (χ3n) is 6.48. The van der Waals surface area contributed by atoms with E-state index in [1.807, 2.05) is 31.0 Å². The number of halogens is 3. The van der Waals surface area contributed by atoms with Gasteiger partial charge in [-0.2, -0.15) is 18.3 Å². The van der Waals surface area contributed by atoms with Crippen molar-refractivity contribution in [3.8, 4) is 11.3 Å². The molecule has 35 heavy (non-hydrogen) atoms. The second kappa shape index (κ2) is 8.81. The SMILES string of the molecule is Cc1cc(-c2n[nH]c3ccc(C(=O)NC4CN(C)CC4c4ccccc4C(F)(F)F)cc23)ccn1. The number of aryl methyl sites for hydroxylation is 1. The second-order valence-electron chi connectivity index (χ2n) is 9.01. The Kier molecular flexibility index (Phi) is 5.80. The number of nitrogens with one attached hydrogen (secondary N) is 2. The molecule has 1 saturated heterocycles. The minimum absolute atomic E-state index is 0.204. The summed E-state index contributed by atoms with van der Waals surface area (Å²) in [7, 11) is 1.84. The van der Waals surface area contributed by atoms with Crippen LogP contribution in [0.2, 0.25) is 0 Å². The molecule has 2 aromatic heterocycles. The molecule has 0 bridgehead atoms. The molecular formula is C26H24F3N5O. The van der Waals surface area contributed by atoms with Crippen molar-refractivity contribution in [3.05, 3.63) is 83.2 Å². The van der Waals surface area contributed by atoms with Gasteiger partial charge in [0.15, 0.2) is 0 Å². The number of hydrogen-bond acceptors (Lipinski definition) is 4. The largest absolute Gasteiger partial charge is 0.416 e. The van der Waals surface area contributed by atoms with Crippen LogP contribution in [-0.2, 0) is 6.18 Å². The van der Waals surface area contributed by atoms with E-state index in [2.05, 4.69) is 20.5 Å². The molecule has 180 valence electrons. The van der Waals surface area contributed by atoms with E-state index in [1.165, 1.54) is 12.1 Å². The van der Waals surface area contributed by atoms with E-state index in [-0.39, 0.29) is 11.5 Å². The minimum atomic E-state index is -4.46. The van der Waals surface area contributed by atoms with Crippen LogP contribution in [0.4, 0.5) is 13.2 Å². The number of likely N-dealkylation sites (N-methyl/N-ethyl adjacent to an activating group) is 1. The van der Waals surface area contributed by atoms with Gasteiger partial charge in [-0.05, 0) is 55.9 Å². The second-order valence-corrected chi connectivity index (χ2v) is 9.01. The number of fused-ring (bicyclic) bond motifs is 1. The van der Waals surface area contributed by atoms with E-state index in [0.717, 1.165) is 28.2 Å². The highest BCUT2D eigenvalue weighted by atomic mass is 19.4. The summed E-state index contributed by atoms with van der Waals surface area (Å²) in [5, 5.41) is 11.2. The average Bonchev–Trinajstić information content (AvgIpc) is 3.41. The van der Waals surface area contributed by atoms with Crippen LogP contribution >= 0.6 is 0 Å². The molecule has 1 amide bonds. The van der Waals surface area contributed by atoms with Gasteiger partial charge in [-0.25, -0.2) is 0 Å². The maximum Gasteiger partial charge on any atom is 0.416 e. The van der Waals surface area contributed by atoms with Gasteiger partial charge in [0, 0.05) is 53.5 Å². The molecular weight excluding hydrogens is 455 g/mol. The fourth-order valence-electron chi connectivity index (χ4n) is 4.86. The Balaban J connectivity index is 1.44. The molecule has 2 unspecified atom stereocenters. The van der Waals surface area contributed by atoms with Crippen molar-refractivity contribution in [1.82, 2.24) is 25.4 Å². The number of pyridine rings is 1. The zero-order chi connectivity index (χ0) is 24.7. The van der Waals surface area contributed by atoms with E-state index in [1.54, 1.807) is 30.5 Å². The molecule has 4 aromatic rings. The predicted octanol–water partition coefficient (Wildman–Crippen LogP) is 4.78. The third kappa shape index (κ3) is 4.51. The van der Waals surface area contributed by atoms with E-state index in [9.17, 15) is 18.0 Å². The fourth-order valence-corrected chi connectivity index (χ4v) is 4.86. The molecule has 0 radical (unpaired) electrons. The highest BCUT2D eigenvalue weighted by Gasteiger charge is 2.40. The van der Waals surface area contributed by atoms with E-state index in [4.69, 9.17) is 0 Å². The maximum absolute atomic E-state index is 13.7. The molecule has 3 heterocycles. The summed E-state index contributed by atoms with van der Waals surface area (Å²) in [6, 6.07) is 14.1. The lowest BCUT2D eigenvalue weighted by Gasteiger charge is -2.23. The molecule has 2 atom stereocenters. The van der Waals surface area contributed by atoms with Gasteiger partial charge < -0.3 is 10.2 Å². The number of benzene rings is 2. The number of rotatable bonds is 4. The molecule has 2 N–H and O–H groups in total. The maximum atomic E-state index is 13.7. The number of H-pyrrole nitrogens is 1. The summed E-state index contributed by atoms with van der Waals surface area (Å²) >= 11 is 0. The van der Waals surface area contributed by atoms with Crippen LogP contribution in [-0.4, -0.2) is 52.2 Å². The lowest BCUT2D eigenvalue weighted by molar-refractivity contribution is -0.138. The summed E-state index contributed by atoms with van der Waals surface area (Å²) in [5.74, 6) is -0.811. The first-order valence-electron chi connectivity index (χ1n) is 11.3. The molecule has 9 heteroatoms. The monoisotopic (exact) mass is 479 g/mol. The third-order valence-corrected chi connectivity index (χ3v) is 6.48. The molecule has 1 aliphatic rings. The summed E-state index contributed by atoms with van der Waals surface area (Å²) in [6.45, 7) is 2.77. The molecule has 5 rings (SSSR count). The summed E-state index contributed by atoms with van der Waals surface area (Å²) in [4.78, 5) is 19.4. The number of amides is 1. The van der Waals surface area contributed by atoms with Crippen LogP contribution in [0.5, 0.6) is 0 Å². The fraction of sp³-hybridized carbons (Fsp3) is 0.269. The van der Waals surface area contributed by atoms with Crippen LogP contribution in [0.3, 0.4) is 0 Å². The number of hydrogen-bond donors (Lipinski definition) is 2. The van der Waals surface area contributed by atoms with Gasteiger partial charge in [-0.1, -0.05) is 18.2 Å². The van der Waals surface area contributed by atoms with Crippen LogP contribution in [0, 0.1) is 6.92 Å². The molecule has 6 nitrogen and oxygen atoms in total. The van der Waals surface area contributed by atoms with Gasteiger partial charge in [0.1, 0.15) is 5.69 Å². The van der Waals surface area contributed by atoms with Crippen LogP contribution < -0.4 is 5.32 Å². The lowest BCUT2D eigenvalue weighted by Crippen LogP contribution is -2.40. The van der Waals surface area contributed by atoms with Crippen molar-refractivity contribution in [2.45, 2.75) is 25.1 Å². The minimum Gasteiger partial charge on any atom is -0.347 e. The zero-order valence-electron chi connectivity index (χ0n) is 19.2. The topological polar surface area (TPSA) is 73.9 Å². The van der Waals surface area contributed by atoms with Crippen LogP contribution in [0.1, 0.15) is 33.1 Å². The lowest BCUT2D eigenvalue weighted by atomic mass is 9.90. The van der Waals surface area contributed by atoms with Crippen molar-refractivity contribution >= 4 is 16.8 Å². The van der Waals surface area contributed by atoms with Gasteiger partial charge in [0.25, 0.3) is 5.91 Å². The molecule has 0 spiro atoms. The zero-order valence-corrected chi connectivity index (χ0v) is 19.2. The molecule has 1 aliphatic heterocycles. The van der Waals surface area contributed by atoms with Crippen molar-refractivity contribution in [2.24, 2.45) is 0 Å². The molecule has 0 aliphatic carbocycles. The normalized spacial score (nSPS) is 18.8.